The second-order valence-electron chi connectivity index (χ2n) is 4.73. The number of para-hydroxylation sites is 1. The van der Waals surface area contributed by atoms with Gasteiger partial charge < -0.3 is 4.74 Å². The number of hydrogen-bond acceptors (Lipinski definition) is 3. The Labute approximate surface area is 118 Å². The molecule has 0 aliphatic rings. The molecule has 1 aromatic heterocycles. The minimum Gasteiger partial charge on any atom is -0.458 e. The largest absolute Gasteiger partial charge is 0.458 e. The van der Waals surface area contributed by atoms with Crippen molar-refractivity contribution < 1.29 is 9.53 Å². The Morgan fingerprint density at radius 2 is 2.10 bits per heavy atom. The van der Waals surface area contributed by atoms with Gasteiger partial charge in [0.1, 0.15) is 12.2 Å². The summed E-state index contributed by atoms with van der Waals surface area (Å²) in [6.07, 6.45) is 3.11. The number of aromatic nitrogens is 2. The van der Waals surface area contributed by atoms with Crippen LogP contribution in [0.1, 0.15) is 35.8 Å². The molecule has 1 aromatic carbocycles. The predicted molar refractivity (Wildman–Crippen MR) is 78.1 cm³/mol. The molecule has 0 saturated carbocycles. The Morgan fingerprint density at radius 1 is 1.40 bits per heavy atom. The molecule has 0 fully saturated rings. The minimum atomic E-state index is -0.365. The molecule has 0 aliphatic heterocycles. The predicted octanol–water partition coefficient (Wildman–Crippen LogP) is 3.34. The maximum atomic E-state index is 12.1. The number of benzene rings is 1. The summed E-state index contributed by atoms with van der Waals surface area (Å²) in [5.41, 5.74) is 2.29. The summed E-state index contributed by atoms with van der Waals surface area (Å²) in [4.78, 5) is 12.1. The Kier molecular flexibility index (Phi) is 4.35. The first-order chi connectivity index (χ1) is 9.65. The van der Waals surface area contributed by atoms with Crippen molar-refractivity contribution in [2.75, 3.05) is 6.61 Å². The standard InChI is InChI=1S/C16H18N2O2/c1-4-10-20-16(19)14-11-17-18(15(14)12(2)3)13-8-6-5-7-9-13/h4-9,11-12H,1,10H2,2-3H3. The van der Waals surface area contributed by atoms with E-state index in [1.165, 1.54) is 0 Å². The summed E-state index contributed by atoms with van der Waals surface area (Å²) in [5.74, 6) is -0.209. The fourth-order valence-corrected chi connectivity index (χ4v) is 2.06. The van der Waals surface area contributed by atoms with Crippen molar-refractivity contribution in [3.05, 3.63) is 60.4 Å². The van der Waals surface area contributed by atoms with Gasteiger partial charge in [0.05, 0.1) is 17.6 Å². The lowest BCUT2D eigenvalue weighted by atomic mass is 10.1. The average Bonchev–Trinajstić information content (AvgIpc) is 2.90. The second-order valence-corrected chi connectivity index (χ2v) is 4.73. The molecule has 4 nitrogen and oxygen atoms in total. The van der Waals surface area contributed by atoms with Crippen LogP contribution in [-0.2, 0) is 4.74 Å². The Balaban J connectivity index is 2.43. The summed E-state index contributed by atoms with van der Waals surface area (Å²) in [6, 6.07) is 9.74. The summed E-state index contributed by atoms with van der Waals surface area (Å²) in [6.45, 7) is 7.80. The van der Waals surface area contributed by atoms with E-state index in [0.717, 1.165) is 11.4 Å². The molecular weight excluding hydrogens is 252 g/mol. The van der Waals surface area contributed by atoms with Crippen molar-refractivity contribution in [3.63, 3.8) is 0 Å². The van der Waals surface area contributed by atoms with Crippen LogP contribution in [0.5, 0.6) is 0 Å². The van der Waals surface area contributed by atoms with Crippen molar-refractivity contribution in [3.8, 4) is 5.69 Å². The lowest BCUT2D eigenvalue weighted by Crippen LogP contribution is -2.11. The van der Waals surface area contributed by atoms with Crippen LogP contribution < -0.4 is 0 Å². The van der Waals surface area contributed by atoms with Gasteiger partial charge >= 0.3 is 5.97 Å². The van der Waals surface area contributed by atoms with E-state index in [1.54, 1.807) is 17.0 Å². The van der Waals surface area contributed by atoms with Gasteiger partial charge in [0, 0.05) is 0 Å². The van der Waals surface area contributed by atoms with Gasteiger partial charge in [-0.2, -0.15) is 5.10 Å². The summed E-state index contributed by atoms with van der Waals surface area (Å²) in [7, 11) is 0. The van der Waals surface area contributed by atoms with Crippen molar-refractivity contribution >= 4 is 5.97 Å². The molecule has 0 unspecified atom stereocenters. The number of rotatable bonds is 5. The Hall–Kier alpha value is -2.36. The normalized spacial score (nSPS) is 10.6. The van der Waals surface area contributed by atoms with E-state index in [0.29, 0.717) is 5.56 Å². The van der Waals surface area contributed by atoms with E-state index in [9.17, 15) is 4.79 Å². The Morgan fingerprint density at radius 3 is 2.70 bits per heavy atom. The number of esters is 1. The number of nitrogens with zero attached hydrogens (tertiary/aromatic N) is 2. The van der Waals surface area contributed by atoms with Crippen molar-refractivity contribution in [2.45, 2.75) is 19.8 Å². The summed E-state index contributed by atoms with van der Waals surface area (Å²) >= 11 is 0. The lowest BCUT2D eigenvalue weighted by Gasteiger charge is -2.12. The van der Waals surface area contributed by atoms with Gasteiger partial charge in [0.15, 0.2) is 0 Å². The van der Waals surface area contributed by atoms with Crippen LogP contribution in [0.25, 0.3) is 5.69 Å². The van der Waals surface area contributed by atoms with Gasteiger partial charge in [-0.15, -0.1) is 0 Å². The van der Waals surface area contributed by atoms with Crippen LogP contribution in [-0.4, -0.2) is 22.4 Å². The van der Waals surface area contributed by atoms with Gasteiger partial charge in [-0.3, -0.25) is 0 Å². The van der Waals surface area contributed by atoms with Crippen LogP contribution in [0, 0.1) is 0 Å². The van der Waals surface area contributed by atoms with Crippen LogP contribution >= 0.6 is 0 Å². The van der Waals surface area contributed by atoms with Crippen LogP contribution in [0.2, 0.25) is 0 Å². The zero-order valence-corrected chi connectivity index (χ0v) is 11.7. The van der Waals surface area contributed by atoms with E-state index in [-0.39, 0.29) is 18.5 Å². The molecule has 0 aliphatic carbocycles. The zero-order valence-electron chi connectivity index (χ0n) is 11.7. The van der Waals surface area contributed by atoms with Gasteiger partial charge in [0.25, 0.3) is 0 Å². The molecule has 0 atom stereocenters. The van der Waals surface area contributed by atoms with Crippen LogP contribution in [0.4, 0.5) is 0 Å². The molecule has 0 spiro atoms. The molecule has 4 heteroatoms. The smallest absolute Gasteiger partial charge is 0.341 e. The van der Waals surface area contributed by atoms with Crippen molar-refractivity contribution in [1.82, 2.24) is 9.78 Å². The zero-order chi connectivity index (χ0) is 14.5. The lowest BCUT2D eigenvalue weighted by molar-refractivity contribution is 0.0548. The average molecular weight is 270 g/mol. The topological polar surface area (TPSA) is 44.1 Å². The quantitative estimate of drug-likeness (QED) is 0.618. The maximum Gasteiger partial charge on any atom is 0.341 e. The highest BCUT2D eigenvalue weighted by Gasteiger charge is 2.21. The molecule has 1 heterocycles. The summed E-state index contributed by atoms with van der Waals surface area (Å²) in [5, 5.41) is 4.33. The molecule has 0 radical (unpaired) electrons. The van der Waals surface area contributed by atoms with Crippen molar-refractivity contribution in [2.24, 2.45) is 0 Å². The first-order valence-electron chi connectivity index (χ1n) is 6.56. The minimum absolute atomic E-state index is 0.156. The fraction of sp³-hybridized carbons (Fsp3) is 0.250. The van der Waals surface area contributed by atoms with E-state index >= 15 is 0 Å². The molecule has 104 valence electrons. The van der Waals surface area contributed by atoms with E-state index in [1.807, 2.05) is 44.2 Å². The molecule has 0 saturated heterocycles. The van der Waals surface area contributed by atoms with Gasteiger partial charge in [-0.1, -0.05) is 44.7 Å². The third-order valence-electron chi connectivity index (χ3n) is 2.91. The first kappa shape index (κ1) is 14.1. The molecular formula is C16H18N2O2. The van der Waals surface area contributed by atoms with Crippen LogP contribution in [0.15, 0.2) is 49.2 Å². The highest BCUT2D eigenvalue weighted by molar-refractivity contribution is 5.90. The van der Waals surface area contributed by atoms with Gasteiger partial charge in [0.2, 0.25) is 0 Å². The number of carbonyl (C=O) groups is 1. The van der Waals surface area contributed by atoms with E-state index in [4.69, 9.17) is 4.74 Å². The molecule has 2 rings (SSSR count). The molecule has 0 amide bonds. The van der Waals surface area contributed by atoms with E-state index in [2.05, 4.69) is 11.7 Å². The molecule has 0 bridgehead atoms. The third-order valence-corrected chi connectivity index (χ3v) is 2.91. The maximum absolute atomic E-state index is 12.1. The number of carbonyl (C=O) groups excluding carboxylic acids is 1. The van der Waals surface area contributed by atoms with Gasteiger partial charge in [-0.25, -0.2) is 9.48 Å². The summed E-state index contributed by atoms with van der Waals surface area (Å²) < 4.78 is 6.89. The van der Waals surface area contributed by atoms with Crippen molar-refractivity contribution in [1.29, 1.82) is 0 Å². The SMILES string of the molecule is C=CCOC(=O)c1cnn(-c2ccccc2)c1C(C)C. The number of ether oxygens (including phenoxy) is 1. The van der Waals surface area contributed by atoms with Gasteiger partial charge in [-0.05, 0) is 18.1 Å². The monoisotopic (exact) mass is 270 g/mol. The number of hydrogen-bond donors (Lipinski definition) is 0. The van der Waals surface area contributed by atoms with E-state index < -0.39 is 0 Å². The molecule has 2 aromatic rings. The van der Waals surface area contributed by atoms with Crippen LogP contribution in [0.3, 0.4) is 0 Å². The first-order valence-corrected chi connectivity index (χ1v) is 6.56. The fourth-order valence-electron chi connectivity index (χ4n) is 2.06. The highest BCUT2D eigenvalue weighted by Crippen LogP contribution is 2.23. The Bertz CT molecular complexity index is 600. The third kappa shape index (κ3) is 2.79. The second kappa shape index (κ2) is 6.19. The molecule has 0 N–H and O–H groups in total. The highest BCUT2D eigenvalue weighted by atomic mass is 16.5. The molecule has 20 heavy (non-hydrogen) atoms.